The van der Waals surface area contributed by atoms with Gasteiger partial charge in [0.05, 0.1) is 0 Å². The van der Waals surface area contributed by atoms with Crippen LogP contribution < -0.4 is 0 Å². The molecule has 0 amide bonds. The van der Waals surface area contributed by atoms with E-state index < -0.39 is 12.2 Å². The van der Waals surface area contributed by atoms with Gasteiger partial charge in [0.25, 0.3) is 0 Å². The first-order valence-corrected chi connectivity index (χ1v) is 1.70. The number of halogens is 4. The van der Waals surface area contributed by atoms with E-state index in [0.717, 1.165) is 0 Å². The van der Waals surface area contributed by atoms with Crippen LogP contribution in [0, 0.1) is 12.5 Å². The first-order valence-electron chi connectivity index (χ1n) is 1.70. The van der Waals surface area contributed by atoms with Crippen LogP contribution in [0.15, 0.2) is 12.2 Å². The Hall–Kier alpha value is -37.2. The normalized spacial score (nSPS) is 1.48. The van der Waals surface area contributed by atoms with Crippen LogP contribution in [-0.2, 0) is 0 Å². The van der Waals surface area contributed by atoms with Gasteiger partial charge in [0.2, 0.25) is 0 Å². The van der Waals surface area contributed by atoms with Gasteiger partial charge >= 0.3 is 0 Å². The summed E-state index contributed by atoms with van der Waals surface area (Å²) in [6, 6.07) is 0. The van der Waals surface area contributed by atoms with Crippen LogP contribution in [0.3, 0.4) is 0 Å². The van der Waals surface area contributed by atoms with E-state index in [9.17, 15) is 17.6 Å². The quantitative estimate of drug-likeness (QED) is 0.222. The van der Waals surface area contributed by atoms with E-state index in [0.29, 0.717) is 12.5 Å². The standard InChI is InChI=1S/2C2HF2O.36Rf/c2*3-2(4)1-5;;;;;;;;;;;;;;;;;;;;;;;;;;;;;;;;;;;;/h2*5H;;;;;;;;;;;;;;;;;;;;;;;;;;;;;;;;;;;;/q2*-1;;;;;;;;;;;;;;;;;;;;;;;;;;;;;;;;;;;;. The molecule has 0 atom stereocenters. The molecule has 0 unspecified atom stereocenters. The Morgan fingerprint density at radius 2 is 0.217 bits per heavy atom. The molecule has 0 heterocycles. The summed E-state index contributed by atoms with van der Waals surface area (Å²) in [6.07, 6.45) is -3.16. The van der Waals surface area contributed by atoms with Gasteiger partial charge in [-0.2, -0.15) is 0 Å². The summed E-state index contributed by atoms with van der Waals surface area (Å²) in [5.41, 5.74) is 0. The van der Waals surface area contributed by atoms with Crippen molar-refractivity contribution in [3.05, 3.63) is 24.7 Å². The molecule has 0 bridgehead atoms. The Balaban J connectivity index is -0.000000000434. The van der Waals surface area contributed by atoms with Gasteiger partial charge in [0, 0.05) is 0 Å². The van der Waals surface area contributed by atoms with Gasteiger partial charge in [-0.3, -0.25) is 0 Å². The maximum Gasteiger partial charge on any atom is 0.126 e. The molecule has 0 radical (unpaired) electrons. The van der Waals surface area contributed by atoms with Gasteiger partial charge in [-0.05, 0) is 0 Å². The molecule has 0 fully saturated rings. The predicted molar refractivity (Wildman–Crippen MR) is 23.2 cm³/mol. The van der Waals surface area contributed by atoms with Crippen LogP contribution in [0.2, 0.25) is 0 Å². The van der Waals surface area contributed by atoms with Crippen molar-refractivity contribution in [3.8, 4) is 0 Å². The third kappa shape index (κ3) is 0.208. The third-order valence-corrected chi connectivity index (χ3v) is 0.169. The number of aliphatic hydroxyl groups excluding tert-OH is 2. The Labute approximate surface area is 53.7 Å². The molecule has 2 N–H and O–H groups in total. The number of rotatable bonds is 0. The molecule has 46 heavy (non-hydrogen) atoms. The van der Waals surface area contributed by atoms with Crippen molar-refractivity contribution < 1.29 is 27.8 Å². The van der Waals surface area contributed by atoms with Crippen LogP contribution in [0.4, 0.5) is 17.6 Å². The van der Waals surface area contributed by atoms with Gasteiger partial charge < -0.3 is 10.2 Å². The first kappa shape index (κ1) is 0.628. The fourth-order valence-electron chi connectivity index (χ4n) is 0. The molecule has 132 valence electrons. The van der Waals surface area contributed by atoms with E-state index in [-0.39, 0.29) is 0 Å². The van der Waals surface area contributed by atoms with Crippen molar-refractivity contribution >= 4 is 0 Å². The summed E-state index contributed by atoms with van der Waals surface area (Å²) >= 11 is 0. The molecule has 2 nitrogen and oxygen atoms in total. The van der Waals surface area contributed by atoms with Crippen LogP contribution >= 0.6 is 0 Å². The number of aliphatic hydroxyl groups is 2. The van der Waals surface area contributed by atoms with Gasteiger partial charge in [-0.25, -0.2) is 30.1 Å². The van der Waals surface area contributed by atoms with Crippen LogP contribution in [0.5, 0.6) is 0 Å². The Bertz CT molecular complexity index is 142. The van der Waals surface area contributed by atoms with Gasteiger partial charge in [0.1, 0.15) is 12.2 Å². The minimum Gasteiger partial charge on any atom is -0.700 e. The molecule has 0 saturated heterocycles. The fourth-order valence-corrected chi connectivity index (χ4v) is 0. The molecule has 0 rings (SSSR count). The first-order chi connectivity index (χ1) is 4.54. The minimum absolute atomic E-state index is 0. The van der Waals surface area contributed by atoms with Crippen molar-refractivity contribution in [1.82, 2.24) is 0 Å². The second-order valence-electron chi connectivity index (χ2n) is 0.744. The molecule has 0 aliphatic carbocycles. The van der Waals surface area contributed by atoms with Crippen molar-refractivity contribution in [2.24, 2.45) is 0 Å². The molecule has 0 saturated carbocycles. The van der Waals surface area contributed by atoms with E-state index >= 15 is 0 Å². The molecule has 0 aliphatic heterocycles. The summed E-state index contributed by atoms with van der Waals surface area (Å²) in [6.45, 7) is 0. The smallest absolute Gasteiger partial charge is 0.126 e. The summed E-state index contributed by atoms with van der Waals surface area (Å²) in [7, 11) is 0. The van der Waals surface area contributed by atoms with E-state index in [1.165, 1.54) is 0 Å². The molecule has 0 aliphatic rings. The van der Waals surface area contributed by atoms with Gasteiger partial charge in [-0.1, -0.05) is 0 Å². The Morgan fingerprint density at radius 3 is 0.217 bits per heavy atom. The maximum absolute atomic E-state index is 10.3. The zero-order valence-corrected chi connectivity index (χ0v) is 260. The van der Waals surface area contributed by atoms with Crippen molar-refractivity contribution in [3.63, 3.8) is 0 Å². The predicted octanol–water partition coefficient (Wildman–Crippen LogP) is 2.17. The number of hydrogen-bond donors (Lipinski definition) is 2. The molecular weight excluding hydrogens is 9770 g/mol. The van der Waals surface area contributed by atoms with E-state index in [1.807, 2.05) is 0 Å². The molecule has 42 heteroatoms. The van der Waals surface area contributed by atoms with Crippen molar-refractivity contribution in [2.75, 3.05) is 0 Å². The average Bonchev–Trinajstić information content (AvgIpc) is 1.89. The summed E-state index contributed by atoms with van der Waals surface area (Å²) in [4.78, 5) is 0. The summed E-state index contributed by atoms with van der Waals surface area (Å²) in [5.74, 6) is 0. The molecule has 0 aromatic heterocycles. The number of hydrogen-bond acceptors (Lipinski definition) is 2. The minimum atomic E-state index is -2.19. The molecule has 0 aromatic carbocycles. The molecule has 0 spiro atoms. The van der Waals surface area contributed by atoms with Crippen LogP contribution in [0.25, 0.3) is 0 Å². The van der Waals surface area contributed by atoms with Crippen LogP contribution in [0.1, 0.15) is 0 Å². The van der Waals surface area contributed by atoms with Crippen LogP contribution in [-0.4, -0.2) is 10.2 Å². The zero-order chi connectivity index (χ0) is 8.57. The van der Waals surface area contributed by atoms with E-state index in [2.05, 4.69) is 0 Å². The molecular formula is C4H2F4O2Rf36-2. The topological polar surface area (TPSA) is 40.5 Å². The average molecular weight is 9770 g/mol. The molecule has 0 aromatic rings. The summed E-state index contributed by atoms with van der Waals surface area (Å²) in [5, 5.41) is 14.2. The Kier molecular flexibility index (Phi) is 0.00577. The third-order valence-electron chi connectivity index (χ3n) is 0.169. The SMILES string of the molecule is O[C-]=C(F)F.O[C-]=C(F)F.[Rf].[Rf].[Rf].[Rf].[Rf].[Rf].[Rf].[Rf].[Rf].[Rf].[Rf].[Rf].[Rf].[Rf].[Rf].[Rf].[Rf].[Rf].[Rf].[Rf].[Rf].[Rf].[Rf].[Rf].[Rf].[Rf].[Rf].[Rf].[Rf].[Rf].[Rf].[Rf].[Rf].[Rf].[Rf].[Rf]. The summed E-state index contributed by atoms with van der Waals surface area (Å²) < 4.78 is 41.3. The second-order valence-corrected chi connectivity index (χ2v) is 0.744. The Morgan fingerprint density at radius 1 is 0.196 bits per heavy atom. The maximum atomic E-state index is 10.3. The van der Waals surface area contributed by atoms with E-state index in [4.69, 9.17) is 10.2 Å². The zero-order valence-electron chi connectivity index (χ0n) is 29.9. The van der Waals surface area contributed by atoms with Crippen molar-refractivity contribution in [2.45, 2.75) is 0 Å². The van der Waals surface area contributed by atoms with Gasteiger partial charge in [0.15, 0.2) is 0 Å². The monoisotopic (exact) mass is 9770 g/mol. The largest absolute Gasteiger partial charge is 0.700 e. The van der Waals surface area contributed by atoms with E-state index in [1.54, 1.807) is 0 Å². The second kappa shape index (κ2) is 0.423. The fraction of sp³-hybridized carbons (Fsp3) is 0. The van der Waals surface area contributed by atoms with Gasteiger partial charge in [-0.15, -0.1) is 0 Å². The van der Waals surface area contributed by atoms with Crippen molar-refractivity contribution in [1.29, 1.82) is 0 Å².